The monoisotopic (exact) mass is 264 g/mol. The van der Waals surface area contributed by atoms with E-state index in [-0.39, 0.29) is 0 Å². The molecule has 0 saturated carbocycles. The second-order valence-electron chi connectivity index (χ2n) is 4.99. The van der Waals surface area contributed by atoms with Crippen molar-refractivity contribution in [3.63, 3.8) is 0 Å². The standard InChI is InChI=1S/C14H17ClN2O/c1-10-2-3-12-13(6-10)17(14(7-15)16-12)8-11-4-5-18-9-11/h2-3,6,11H,4-5,7-9H2,1H3. The zero-order valence-electron chi connectivity index (χ0n) is 10.5. The number of hydrogen-bond donors (Lipinski definition) is 0. The first-order valence-electron chi connectivity index (χ1n) is 6.37. The van der Waals surface area contributed by atoms with Crippen LogP contribution in [0.1, 0.15) is 17.8 Å². The predicted octanol–water partition coefficient (Wildman–Crippen LogP) is 3.12. The van der Waals surface area contributed by atoms with Crippen molar-refractivity contribution in [1.82, 2.24) is 9.55 Å². The summed E-state index contributed by atoms with van der Waals surface area (Å²) in [5, 5.41) is 0. The van der Waals surface area contributed by atoms with Crippen molar-refractivity contribution in [2.24, 2.45) is 5.92 Å². The molecule has 0 spiro atoms. The number of ether oxygens (including phenoxy) is 1. The molecular weight excluding hydrogens is 248 g/mol. The number of rotatable bonds is 3. The third kappa shape index (κ3) is 2.13. The van der Waals surface area contributed by atoms with Gasteiger partial charge in [0.1, 0.15) is 5.82 Å². The van der Waals surface area contributed by atoms with Gasteiger partial charge in [-0.25, -0.2) is 4.98 Å². The van der Waals surface area contributed by atoms with Gasteiger partial charge in [0.15, 0.2) is 0 Å². The lowest BCUT2D eigenvalue weighted by atomic mass is 10.1. The van der Waals surface area contributed by atoms with Gasteiger partial charge in [0.25, 0.3) is 0 Å². The molecule has 0 radical (unpaired) electrons. The summed E-state index contributed by atoms with van der Waals surface area (Å²) in [4.78, 5) is 4.60. The third-order valence-electron chi connectivity index (χ3n) is 3.57. The SMILES string of the molecule is Cc1ccc2nc(CCl)n(CC3CCOC3)c2c1. The molecule has 1 unspecified atom stereocenters. The molecule has 1 atom stereocenters. The number of alkyl halides is 1. The number of halogens is 1. The summed E-state index contributed by atoms with van der Waals surface area (Å²) in [5.41, 5.74) is 3.49. The number of fused-ring (bicyclic) bond motifs is 1. The van der Waals surface area contributed by atoms with Gasteiger partial charge in [0.2, 0.25) is 0 Å². The fraction of sp³-hybridized carbons (Fsp3) is 0.500. The van der Waals surface area contributed by atoms with E-state index in [9.17, 15) is 0 Å². The Hall–Kier alpha value is -1.06. The summed E-state index contributed by atoms with van der Waals surface area (Å²) >= 11 is 6.01. The molecule has 4 heteroatoms. The number of aromatic nitrogens is 2. The van der Waals surface area contributed by atoms with Crippen LogP contribution in [-0.4, -0.2) is 22.8 Å². The molecule has 96 valence electrons. The predicted molar refractivity (Wildman–Crippen MR) is 73.0 cm³/mol. The summed E-state index contributed by atoms with van der Waals surface area (Å²) in [6.07, 6.45) is 1.13. The van der Waals surface area contributed by atoms with Crippen molar-refractivity contribution in [2.45, 2.75) is 25.8 Å². The van der Waals surface area contributed by atoms with E-state index in [4.69, 9.17) is 16.3 Å². The van der Waals surface area contributed by atoms with Crippen molar-refractivity contribution < 1.29 is 4.74 Å². The van der Waals surface area contributed by atoms with Crippen molar-refractivity contribution in [3.8, 4) is 0 Å². The second-order valence-corrected chi connectivity index (χ2v) is 5.26. The van der Waals surface area contributed by atoms with E-state index in [1.165, 1.54) is 11.1 Å². The van der Waals surface area contributed by atoms with E-state index >= 15 is 0 Å². The highest BCUT2D eigenvalue weighted by Crippen LogP contribution is 2.23. The van der Waals surface area contributed by atoms with E-state index in [0.29, 0.717) is 11.8 Å². The molecule has 2 aromatic rings. The molecule has 18 heavy (non-hydrogen) atoms. The molecule has 1 aromatic heterocycles. The van der Waals surface area contributed by atoms with Crippen LogP contribution < -0.4 is 0 Å². The second kappa shape index (κ2) is 4.90. The number of benzene rings is 1. The van der Waals surface area contributed by atoms with Crippen molar-refractivity contribution in [1.29, 1.82) is 0 Å². The summed E-state index contributed by atoms with van der Waals surface area (Å²) in [6.45, 7) is 4.80. The van der Waals surface area contributed by atoms with Gasteiger partial charge in [-0.15, -0.1) is 11.6 Å². The normalized spacial score (nSPS) is 19.8. The topological polar surface area (TPSA) is 27.1 Å². The minimum absolute atomic E-state index is 0.460. The van der Waals surface area contributed by atoms with Crippen LogP contribution in [0.3, 0.4) is 0 Å². The zero-order valence-corrected chi connectivity index (χ0v) is 11.3. The average molecular weight is 265 g/mol. The van der Waals surface area contributed by atoms with Gasteiger partial charge < -0.3 is 9.30 Å². The Kier molecular flexibility index (Phi) is 3.27. The summed E-state index contributed by atoms with van der Waals surface area (Å²) < 4.78 is 7.71. The molecule has 1 aromatic carbocycles. The van der Waals surface area contributed by atoms with E-state index < -0.39 is 0 Å². The fourth-order valence-corrected chi connectivity index (χ4v) is 2.78. The molecule has 1 saturated heterocycles. The molecule has 1 fully saturated rings. The summed E-state index contributed by atoms with van der Waals surface area (Å²) in [5.74, 6) is 2.01. The van der Waals surface area contributed by atoms with Gasteiger partial charge in [-0.05, 0) is 31.0 Å². The first-order valence-corrected chi connectivity index (χ1v) is 6.91. The first-order chi connectivity index (χ1) is 8.78. The van der Waals surface area contributed by atoms with E-state index in [1.807, 2.05) is 0 Å². The Labute approximate surface area is 112 Å². The van der Waals surface area contributed by atoms with Gasteiger partial charge in [-0.1, -0.05) is 6.07 Å². The maximum Gasteiger partial charge on any atom is 0.124 e. The minimum atomic E-state index is 0.460. The zero-order chi connectivity index (χ0) is 12.5. The molecule has 1 aliphatic rings. The molecule has 0 N–H and O–H groups in total. The maximum atomic E-state index is 6.01. The molecule has 2 heterocycles. The van der Waals surface area contributed by atoms with Crippen LogP contribution in [0.4, 0.5) is 0 Å². The highest BCUT2D eigenvalue weighted by Gasteiger charge is 2.19. The lowest BCUT2D eigenvalue weighted by Crippen LogP contribution is -2.12. The lowest BCUT2D eigenvalue weighted by molar-refractivity contribution is 0.182. The Bertz CT molecular complexity index is 558. The van der Waals surface area contributed by atoms with Gasteiger partial charge in [-0.3, -0.25) is 0 Å². The Balaban J connectivity index is 2.03. The largest absolute Gasteiger partial charge is 0.381 e. The molecule has 1 aliphatic heterocycles. The van der Waals surface area contributed by atoms with Crippen molar-refractivity contribution in [2.75, 3.05) is 13.2 Å². The Morgan fingerprint density at radius 2 is 2.39 bits per heavy atom. The number of nitrogens with zero attached hydrogens (tertiary/aromatic N) is 2. The maximum absolute atomic E-state index is 6.01. The molecule has 0 bridgehead atoms. The summed E-state index contributed by atoms with van der Waals surface area (Å²) in [7, 11) is 0. The van der Waals surface area contributed by atoms with Crippen LogP contribution in [0.15, 0.2) is 18.2 Å². The van der Waals surface area contributed by atoms with Crippen LogP contribution in [0.5, 0.6) is 0 Å². The fourth-order valence-electron chi connectivity index (χ4n) is 2.57. The van der Waals surface area contributed by atoms with Crippen LogP contribution in [0.25, 0.3) is 11.0 Å². The summed E-state index contributed by atoms with van der Waals surface area (Å²) in [6, 6.07) is 6.35. The van der Waals surface area contributed by atoms with Gasteiger partial charge in [0, 0.05) is 19.1 Å². The van der Waals surface area contributed by atoms with E-state index in [2.05, 4.69) is 34.7 Å². The number of hydrogen-bond acceptors (Lipinski definition) is 2. The molecular formula is C14H17ClN2O. The highest BCUT2D eigenvalue weighted by atomic mass is 35.5. The van der Waals surface area contributed by atoms with Crippen LogP contribution in [0.2, 0.25) is 0 Å². The molecule has 0 amide bonds. The van der Waals surface area contributed by atoms with Crippen molar-refractivity contribution in [3.05, 3.63) is 29.6 Å². The quantitative estimate of drug-likeness (QED) is 0.797. The van der Waals surface area contributed by atoms with E-state index in [0.717, 1.165) is 37.5 Å². The Morgan fingerprint density at radius 3 is 3.11 bits per heavy atom. The van der Waals surface area contributed by atoms with Gasteiger partial charge in [-0.2, -0.15) is 0 Å². The third-order valence-corrected chi connectivity index (χ3v) is 3.81. The van der Waals surface area contributed by atoms with E-state index in [1.54, 1.807) is 0 Å². The number of aryl methyl sites for hydroxylation is 1. The average Bonchev–Trinajstić information content (AvgIpc) is 2.98. The molecule has 3 rings (SSSR count). The highest BCUT2D eigenvalue weighted by molar-refractivity contribution is 6.16. The van der Waals surface area contributed by atoms with Crippen LogP contribution in [-0.2, 0) is 17.2 Å². The van der Waals surface area contributed by atoms with Gasteiger partial charge in [0.05, 0.1) is 23.5 Å². The van der Waals surface area contributed by atoms with Gasteiger partial charge >= 0.3 is 0 Å². The first kappa shape index (κ1) is 12.0. The van der Waals surface area contributed by atoms with Crippen LogP contribution in [0, 0.1) is 12.8 Å². The van der Waals surface area contributed by atoms with Crippen molar-refractivity contribution >= 4 is 22.6 Å². The Morgan fingerprint density at radius 1 is 1.50 bits per heavy atom. The lowest BCUT2D eigenvalue weighted by Gasteiger charge is -2.12. The molecule has 0 aliphatic carbocycles. The minimum Gasteiger partial charge on any atom is -0.381 e. The molecule has 3 nitrogen and oxygen atoms in total. The van der Waals surface area contributed by atoms with Crippen LogP contribution >= 0.6 is 11.6 Å². The number of imidazole rings is 1. The smallest absolute Gasteiger partial charge is 0.124 e.